The van der Waals surface area contributed by atoms with Crippen molar-refractivity contribution in [2.24, 2.45) is 0 Å². The minimum absolute atomic E-state index is 0.305. The van der Waals surface area contributed by atoms with E-state index in [0.717, 1.165) is 68.7 Å². The molecule has 0 saturated heterocycles. The van der Waals surface area contributed by atoms with E-state index in [1.54, 1.807) is 36.0 Å². The summed E-state index contributed by atoms with van der Waals surface area (Å²) < 4.78 is 0. The molecule has 0 bridgehead atoms. The van der Waals surface area contributed by atoms with Crippen molar-refractivity contribution in [2.45, 2.75) is 55.2 Å². The molecule has 0 unspecified atom stereocenters. The lowest BCUT2D eigenvalue weighted by atomic mass is 10.0. The average molecular weight is 745 g/mol. The Morgan fingerprint density at radius 3 is 1.76 bits per heavy atom. The van der Waals surface area contributed by atoms with Crippen LogP contribution in [0, 0.1) is 22.7 Å². The minimum Gasteiger partial charge on any atom is -0.477 e. The Kier molecular flexibility index (Phi) is 12.5. The number of aliphatic carboxylic acids is 2. The van der Waals surface area contributed by atoms with Crippen molar-refractivity contribution in [2.75, 3.05) is 16.3 Å². The molecule has 8 nitrogen and oxygen atoms in total. The van der Waals surface area contributed by atoms with Crippen molar-refractivity contribution in [3.8, 4) is 23.3 Å². The molecule has 5 aromatic rings. The molecule has 0 aromatic heterocycles. The summed E-state index contributed by atoms with van der Waals surface area (Å²) in [6, 6.07) is 41.7. The molecule has 0 amide bonds. The van der Waals surface area contributed by atoms with Gasteiger partial charge < -0.3 is 20.0 Å². The molecule has 0 radical (unpaired) electrons. The van der Waals surface area contributed by atoms with Crippen LogP contribution in [0.25, 0.3) is 23.3 Å². The van der Waals surface area contributed by atoms with Crippen LogP contribution in [0.2, 0.25) is 0 Å². The Morgan fingerprint density at radius 2 is 1.15 bits per heavy atom. The average Bonchev–Trinajstić information content (AvgIpc) is 3.20. The normalized spacial score (nSPS) is 12.2. The number of nitriles is 2. The fourth-order valence-corrected chi connectivity index (χ4v) is 7.81. The summed E-state index contributed by atoms with van der Waals surface area (Å²) >= 11 is 1.65. The highest BCUT2D eigenvalue weighted by atomic mass is 32.2. The van der Waals surface area contributed by atoms with Gasteiger partial charge in [0.15, 0.2) is 0 Å². The first-order chi connectivity index (χ1) is 26.8. The number of carbonyl (C=O) groups is 2. The first kappa shape index (κ1) is 38.2. The molecule has 5 aromatic carbocycles. The second-order valence-corrected chi connectivity index (χ2v) is 14.3. The number of nitrogens with zero attached hydrogens (tertiary/aromatic N) is 4. The number of unbranched alkanes of at least 4 members (excludes halogenated alkanes) is 5. The summed E-state index contributed by atoms with van der Waals surface area (Å²) in [6.07, 6.45) is 9.90. The Hall–Kier alpha value is -6.55. The molecular weight excluding hydrogens is 705 g/mol. The number of carboxylic acids is 2. The molecule has 0 spiro atoms. The van der Waals surface area contributed by atoms with Gasteiger partial charge in [-0.1, -0.05) is 105 Å². The van der Waals surface area contributed by atoms with E-state index in [-0.39, 0.29) is 11.1 Å². The molecule has 55 heavy (non-hydrogen) atoms. The maximum Gasteiger partial charge on any atom is 0.346 e. The molecule has 0 atom stereocenters. The summed E-state index contributed by atoms with van der Waals surface area (Å²) in [4.78, 5) is 29.5. The third-order valence-corrected chi connectivity index (χ3v) is 10.5. The molecule has 1 aliphatic rings. The number of para-hydroxylation sites is 1. The smallest absolute Gasteiger partial charge is 0.346 e. The summed E-state index contributed by atoms with van der Waals surface area (Å²) in [6.45, 7) is 3.08. The largest absolute Gasteiger partial charge is 0.477 e. The zero-order chi connectivity index (χ0) is 38.7. The standard InChI is InChI=1S/C46H40N4O4S/c1-2-3-4-5-6-10-25-49-41-23-15-33(27-37(31-48)46(53)54)28-43(41)55-44-29-35(18-24-42(44)49)34-16-21-40(22-17-34)50(38-11-8-7-9-12-38)39-19-13-32(14-20-39)26-36(30-47)45(51)52/h7-9,11-24,26-29H,2-6,10,25H2,1H3,(H,51,52)(H,53,54)/b36-26-,37-27-. The fraction of sp³-hybridized carbons (Fsp3) is 0.174. The summed E-state index contributed by atoms with van der Waals surface area (Å²) in [7, 11) is 0. The number of anilines is 5. The van der Waals surface area contributed by atoms with Gasteiger partial charge in [0.05, 0.1) is 11.4 Å². The quantitative estimate of drug-likeness (QED) is 0.0611. The van der Waals surface area contributed by atoms with Gasteiger partial charge in [-0.25, -0.2) is 9.59 Å². The Balaban J connectivity index is 1.31. The van der Waals surface area contributed by atoms with Gasteiger partial charge in [0.2, 0.25) is 0 Å². The van der Waals surface area contributed by atoms with Crippen molar-refractivity contribution >= 4 is 64.3 Å². The highest BCUT2D eigenvalue weighted by molar-refractivity contribution is 7.99. The SMILES string of the molecule is CCCCCCCCN1c2ccc(/C=C(/C#N)C(=O)O)cc2Sc2cc(-c3ccc(N(c4ccccc4)c4ccc(/C=C(/C#N)C(=O)O)cc4)cc3)ccc21. The fourth-order valence-electron chi connectivity index (χ4n) is 6.63. The number of rotatable bonds is 15. The van der Waals surface area contributed by atoms with Crippen LogP contribution >= 0.6 is 11.8 Å². The first-order valence-electron chi connectivity index (χ1n) is 18.3. The zero-order valence-corrected chi connectivity index (χ0v) is 31.3. The monoisotopic (exact) mass is 744 g/mol. The lowest BCUT2D eigenvalue weighted by Crippen LogP contribution is -2.22. The minimum atomic E-state index is -1.26. The Morgan fingerprint density at radius 1 is 0.636 bits per heavy atom. The van der Waals surface area contributed by atoms with Crippen LogP contribution in [-0.4, -0.2) is 28.7 Å². The van der Waals surface area contributed by atoms with E-state index in [1.807, 2.05) is 60.7 Å². The number of hydrogen-bond donors (Lipinski definition) is 2. The second kappa shape index (κ2) is 18.0. The van der Waals surface area contributed by atoms with Crippen molar-refractivity contribution < 1.29 is 19.8 Å². The highest BCUT2D eigenvalue weighted by Gasteiger charge is 2.24. The molecule has 6 rings (SSSR count). The topological polar surface area (TPSA) is 129 Å². The lowest BCUT2D eigenvalue weighted by Gasteiger charge is -2.33. The van der Waals surface area contributed by atoms with E-state index in [2.05, 4.69) is 59.2 Å². The molecular formula is C46H40N4O4S. The van der Waals surface area contributed by atoms with Gasteiger partial charge in [-0.15, -0.1) is 0 Å². The molecule has 1 heterocycles. The van der Waals surface area contributed by atoms with E-state index in [4.69, 9.17) is 0 Å². The maximum absolute atomic E-state index is 11.6. The van der Waals surface area contributed by atoms with E-state index < -0.39 is 11.9 Å². The van der Waals surface area contributed by atoms with E-state index >= 15 is 0 Å². The van der Waals surface area contributed by atoms with Crippen molar-refractivity contribution in [1.29, 1.82) is 10.5 Å². The summed E-state index contributed by atoms with van der Waals surface area (Å²) in [5.41, 5.74) is 7.73. The number of benzene rings is 5. The maximum atomic E-state index is 11.6. The lowest BCUT2D eigenvalue weighted by molar-refractivity contribution is -0.133. The molecule has 2 N–H and O–H groups in total. The molecule has 274 valence electrons. The molecule has 9 heteroatoms. The Bertz CT molecular complexity index is 2320. The number of fused-ring (bicyclic) bond motifs is 2. The first-order valence-corrected chi connectivity index (χ1v) is 19.1. The van der Waals surface area contributed by atoms with Gasteiger partial charge in [-0.2, -0.15) is 10.5 Å². The van der Waals surface area contributed by atoms with Crippen molar-refractivity contribution in [3.05, 3.63) is 138 Å². The van der Waals surface area contributed by atoms with Crippen LogP contribution in [-0.2, 0) is 9.59 Å². The van der Waals surface area contributed by atoms with Gasteiger partial charge in [0.25, 0.3) is 0 Å². The van der Waals surface area contributed by atoms with Crippen LogP contribution in [0.1, 0.15) is 56.6 Å². The van der Waals surface area contributed by atoms with Crippen molar-refractivity contribution in [3.63, 3.8) is 0 Å². The van der Waals surface area contributed by atoms with Crippen LogP contribution in [0.15, 0.2) is 136 Å². The zero-order valence-electron chi connectivity index (χ0n) is 30.5. The van der Waals surface area contributed by atoms with Gasteiger partial charge in [-0.3, -0.25) is 0 Å². The molecule has 0 saturated carbocycles. The second-order valence-electron chi connectivity index (χ2n) is 13.2. The number of carboxylic acid groups (broad SMARTS) is 2. The molecule has 0 aliphatic carbocycles. The third-order valence-electron chi connectivity index (χ3n) is 9.43. The molecule has 0 fully saturated rings. The van der Waals surface area contributed by atoms with Gasteiger partial charge in [0.1, 0.15) is 23.3 Å². The van der Waals surface area contributed by atoms with Crippen LogP contribution < -0.4 is 9.80 Å². The predicted molar refractivity (Wildman–Crippen MR) is 220 cm³/mol. The van der Waals surface area contributed by atoms with E-state index in [9.17, 15) is 30.3 Å². The molecule has 1 aliphatic heterocycles. The van der Waals surface area contributed by atoms with Crippen LogP contribution in [0.3, 0.4) is 0 Å². The van der Waals surface area contributed by atoms with E-state index in [1.165, 1.54) is 37.8 Å². The van der Waals surface area contributed by atoms with E-state index in [0.29, 0.717) is 11.1 Å². The predicted octanol–water partition coefficient (Wildman–Crippen LogP) is 11.8. The third kappa shape index (κ3) is 9.16. The van der Waals surface area contributed by atoms with Crippen LogP contribution in [0.5, 0.6) is 0 Å². The van der Waals surface area contributed by atoms with Crippen LogP contribution in [0.4, 0.5) is 28.4 Å². The number of hydrogen-bond acceptors (Lipinski definition) is 7. The van der Waals surface area contributed by atoms with Gasteiger partial charge in [0, 0.05) is 33.4 Å². The van der Waals surface area contributed by atoms with Gasteiger partial charge in [-0.05, 0) is 101 Å². The Labute approximate surface area is 325 Å². The van der Waals surface area contributed by atoms with Crippen molar-refractivity contribution in [1.82, 2.24) is 0 Å². The van der Waals surface area contributed by atoms with Gasteiger partial charge >= 0.3 is 11.9 Å². The highest BCUT2D eigenvalue weighted by Crippen LogP contribution is 2.50. The summed E-state index contributed by atoms with van der Waals surface area (Å²) in [5, 5.41) is 37.3. The summed E-state index contributed by atoms with van der Waals surface area (Å²) in [5.74, 6) is -2.51.